The third kappa shape index (κ3) is 4.87. The molecule has 0 aliphatic carbocycles. The number of fused-ring (bicyclic) bond motifs is 1. The second-order valence-corrected chi connectivity index (χ2v) is 8.57. The van der Waals surface area contributed by atoms with Gasteiger partial charge in [-0.2, -0.15) is 0 Å². The predicted molar refractivity (Wildman–Crippen MR) is 127 cm³/mol. The summed E-state index contributed by atoms with van der Waals surface area (Å²) in [5.74, 6) is 5.89. The van der Waals surface area contributed by atoms with Crippen LogP contribution in [0.15, 0.2) is 48.5 Å². The molecule has 0 unspecified atom stereocenters. The van der Waals surface area contributed by atoms with Gasteiger partial charge in [0.2, 0.25) is 5.82 Å². The normalized spacial score (nSPS) is 18.3. The molecule has 2 aliphatic rings. The third-order valence-corrected chi connectivity index (χ3v) is 5.88. The number of aromatic nitrogens is 3. The number of rotatable bonds is 4. The number of likely N-dealkylation sites (N-methyl/N-ethyl adjacent to an activating group) is 1. The molecule has 0 radical (unpaired) electrons. The molecule has 35 heavy (non-hydrogen) atoms. The van der Waals surface area contributed by atoms with Crippen LogP contribution in [-0.2, 0) is 11.2 Å². The SMILES string of the molecule is CN1C(=O)[C@@H](NC(=O)c2n[nH]c(Cc3ccccc3)n2)COc2ccc(C#CC3(O)CNC3)cc21. The number of aromatic amines is 1. The lowest BCUT2D eigenvalue weighted by atomic mass is 9.98. The molecule has 4 N–H and O–H groups in total. The van der Waals surface area contributed by atoms with Gasteiger partial charge in [-0.1, -0.05) is 42.2 Å². The number of nitrogens with one attached hydrogen (secondary N) is 3. The van der Waals surface area contributed by atoms with Gasteiger partial charge < -0.3 is 25.4 Å². The van der Waals surface area contributed by atoms with Crippen LogP contribution >= 0.6 is 0 Å². The van der Waals surface area contributed by atoms with Crippen LogP contribution < -0.4 is 20.3 Å². The number of carbonyl (C=O) groups excluding carboxylic acids is 2. The van der Waals surface area contributed by atoms with Crippen molar-refractivity contribution in [1.29, 1.82) is 0 Å². The van der Waals surface area contributed by atoms with Crippen molar-refractivity contribution in [3.63, 3.8) is 0 Å². The van der Waals surface area contributed by atoms with Crippen LogP contribution in [-0.4, -0.2) is 70.5 Å². The molecule has 0 saturated carbocycles. The molecule has 0 bridgehead atoms. The average molecular weight is 473 g/mol. The van der Waals surface area contributed by atoms with E-state index in [1.807, 2.05) is 30.3 Å². The van der Waals surface area contributed by atoms with Gasteiger partial charge in [0.05, 0.1) is 5.69 Å². The molecule has 3 aromatic rings. The summed E-state index contributed by atoms with van der Waals surface area (Å²) >= 11 is 0. The zero-order valence-corrected chi connectivity index (χ0v) is 19.0. The number of H-pyrrole nitrogens is 1. The number of aliphatic hydroxyl groups is 1. The molecule has 1 saturated heterocycles. The van der Waals surface area contributed by atoms with Crippen LogP contribution in [0.2, 0.25) is 0 Å². The Bertz CT molecular complexity index is 1320. The molecule has 10 heteroatoms. The number of hydrogen-bond acceptors (Lipinski definition) is 7. The first-order chi connectivity index (χ1) is 16.9. The molecule has 2 amide bonds. The predicted octanol–water partition coefficient (Wildman–Crippen LogP) is 0.235. The summed E-state index contributed by atoms with van der Waals surface area (Å²) in [6.07, 6.45) is 0.504. The minimum Gasteiger partial charge on any atom is -0.489 e. The second-order valence-electron chi connectivity index (χ2n) is 8.57. The molecule has 1 fully saturated rings. The quantitative estimate of drug-likeness (QED) is 0.400. The Kier molecular flexibility index (Phi) is 5.94. The lowest BCUT2D eigenvalue weighted by molar-refractivity contribution is -0.120. The highest BCUT2D eigenvalue weighted by atomic mass is 16.5. The fraction of sp³-hybridized carbons (Fsp3) is 0.280. The van der Waals surface area contributed by atoms with Gasteiger partial charge in [-0.3, -0.25) is 14.7 Å². The van der Waals surface area contributed by atoms with Crippen LogP contribution in [0, 0.1) is 11.8 Å². The minimum absolute atomic E-state index is 0.0420. The van der Waals surface area contributed by atoms with Gasteiger partial charge in [0.25, 0.3) is 11.8 Å². The van der Waals surface area contributed by atoms with Crippen LogP contribution in [0.3, 0.4) is 0 Å². The zero-order chi connectivity index (χ0) is 24.4. The summed E-state index contributed by atoms with van der Waals surface area (Å²) in [6.45, 7) is 0.804. The van der Waals surface area contributed by atoms with Gasteiger partial charge in [0, 0.05) is 32.1 Å². The van der Waals surface area contributed by atoms with Gasteiger partial charge >= 0.3 is 0 Å². The van der Waals surface area contributed by atoms with Crippen LogP contribution in [0.5, 0.6) is 5.75 Å². The Balaban J connectivity index is 1.27. The third-order valence-electron chi connectivity index (χ3n) is 5.88. The monoisotopic (exact) mass is 472 g/mol. The first-order valence-corrected chi connectivity index (χ1v) is 11.2. The molecule has 0 spiro atoms. The number of ether oxygens (including phenoxy) is 1. The fourth-order valence-corrected chi connectivity index (χ4v) is 3.81. The summed E-state index contributed by atoms with van der Waals surface area (Å²) < 4.78 is 5.82. The molecule has 10 nitrogen and oxygen atoms in total. The Hall–Kier alpha value is -4.20. The van der Waals surface area contributed by atoms with Gasteiger partial charge in [0.15, 0.2) is 0 Å². The molecular formula is C25H24N6O4. The summed E-state index contributed by atoms with van der Waals surface area (Å²) in [6, 6.07) is 14.0. The van der Waals surface area contributed by atoms with Crippen molar-refractivity contribution in [2.75, 3.05) is 31.6 Å². The van der Waals surface area contributed by atoms with E-state index in [4.69, 9.17) is 4.74 Å². The number of nitrogens with zero attached hydrogens (tertiary/aromatic N) is 3. The van der Waals surface area contributed by atoms with Crippen LogP contribution in [0.1, 0.15) is 27.6 Å². The van der Waals surface area contributed by atoms with Gasteiger partial charge in [-0.05, 0) is 23.8 Å². The lowest BCUT2D eigenvalue weighted by Gasteiger charge is -2.32. The second kappa shape index (κ2) is 9.21. The number of hydrogen-bond donors (Lipinski definition) is 4. The Morgan fingerprint density at radius 1 is 1.29 bits per heavy atom. The first-order valence-electron chi connectivity index (χ1n) is 11.2. The zero-order valence-electron chi connectivity index (χ0n) is 19.0. The number of carbonyl (C=O) groups is 2. The van der Waals surface area contributed by atoms with Crippen molar-refractivity contribution in [3.8, 4) is 17.6 Å². The van der Waals surface area contributed by atoms with Crippen LogP contribution in [0.4, 0.5) is 5.69 Å². The van der Waals surface area contributed by atoms with Crippen molar-refractivity contribution < 1.29 is 19.4 Å². The fourth-order valence-electron chi connectivity index (χ4n) is 3.81. The van der Waals surface area contributed by atoms with Crippen molar-refractivity contribution in [3.05, 3.63) is 71.3 Å². The highest BCUT2D eigenvalue weighted by Gasteiger charge is 2.33. The molecule has 2 aliphatic heterocycles. The summed E-state index contributed by atoms with van der Waals surface area (Å²) in [7, 11) is 1.61. The van der Waals surface area contributed by atoms with Gasteiger partial charge in [-0.25, -0.2) is 4.98 Å². The molecule has 5 rings (SSSR count). The average Bonchev–Trinajstić information content (AvgIpc) is 3.28. The standard InChI is InChI=1S/C25H24N6O4/c1-31-19-11-17(9-10-25(34)14-26-15-25)7-8-20(19)35-13-18(24(31)33)27-23(32)22-28-21(29-30-22)12-16-5-3-2-4-6-16/h2-8,11,18,26,34H,12-15H2,1H3,(H,27,32)(H,28,29,30)/t18-/m0/s1. The summed E-state index contributed by atoms with van der Waals surface area (Å²) in [5.41, 5.74) is 1.17. The maximum atomic E-state index is 13.1. The molecule has 1 aromatic heterocycles. The van der Waals surface area contributed by atoms with Gasteiger partial charge in [0.1, 0.15) is 29.8 Å². The molecule has 3 heterocycles. The largest absolute Gasteiger partial charge is 0.489 e. The van der Waals surface area contributed by atoms with E-state index >= 15 is 0 Å². The summed E-state index contributed by atoms with van der Waals surface area (Å²) in [4.78, 5) is 31.5. The topological polar surface area (TPSA) is 132 Å². The number of benzene rings is 2. The van der Waals surface area contributed by atoms with E-state index in [9.17, 15) is 14.7 Å². The number of β-amino-alcohol motifs (C(OH)–C–C–N with tert-alkyl or cyclic N) is 1. The Morgan fingerprint density at radius 3 is 2.83 bits per heavy atom. The van der Waals surface area contributed by atoms with Crippen LogP contribution in [0.25, 0.3) is 0 Å². The van der Waals surface area contributed by atoms with Crippen molar-refractivity contribution in [2.24, 2.45) is 0 Å². The van der Waals surface area contributed by atoms with E-state index in [2.05, 4.69) is 37.7 Å². The van der Waals surface area contributed by atoms with E-state index in [1.54, 1.807) is 25.2 Å². The van der Waals surface area contributed by atoms with Crippen molar-refractivity contribution in [2.45, 2.75) is 18.1 Å². The first kappa shape index (κ1) is 22.6. The lowest BCUT2D eigenvalue weighted by Crippen LogP contribution is -2.58. The molecule has 1 atom stereocenters. The maximum Gasteiger partial charge on any atom is 0.291 e. The number of amides is 2. The van der Waals surface area contributed by atoms with E-state index in [0.29, 0.717) is 42.3 Å². The Morgan fingerprint density at radius 2 is 2.09 bits per heavy atom. The van der Waals surface area contributed by atoms with E-state index in [1.165, 1.54) is 4.90 Å². The summed E-state index contributed by atoms with van der Waals surface area (Å²) in [5, 5.41) is 22.6. The van der Waals surface area contributed by atoms with E-state index < -0.39 is 17.6 Å². The smallest absolute Gasteiger partial charge is 0.291 e. The molecular weight excluding hydrogens is 448 g/mol. The highest BCUT2D eigenvalue weighted by Crippen LogP contribution is 2.31. The van der Waals surface area contributed by atoms with Crippen molar-refractivity contribution >= 4 is 17.5 Å². The maximum absolute atomic E-state index is 13.1. The van der Waals surface area contributed by atoms with Crippen molar-refractivity contribution in [1.82, 2.24) is 25.8 Å². The molecule has 178 valence electrons. The van der Waals surface area contributed by atoms with Gasteiger partial charge in [-0.15, -0.1) is 5.10 Å². The van der Waals surface area contributed by atoms with E-state index in [0.717, 1.165) is 5.56 Å². The number of anilines is 1. The minimum atomic E-state index is -1.03. The van der Waals surface area contributed by atoms with E-state index in [-0.39, 0.29) is 18.3 Å². The Labute approximate surface area is 201 Å². The highest BCUT2D eigenvalue weighted by molar-refractivity contribution is 6.02. The molecule has 2 aromatic carbocycles.